The smallest absolute Gasteiger partial charge is 0.370 e. The summed E-state index contributed by atoms with van der Waals surface area (Å²) < 4.78 is 37.6. The Morgan fingerprint density at radius 3 is 2.64 bits per heavy atom. The minimum Gasteiger partial charge on any atom is -0.370 e. The van der Waals surface area contributed by atoms with Crippen LogP contribution in [0.1, 0.15) is 24.5 Å². The number of hydrogen-bond acceptors (Lipinski definition) is 2. The van der Waals surface area contributed by atoms with Crippen molar-refractivity contribution in [1.82, 2.24) is 10.2 Å². The number of nitrogens with two attached hydrogens (primary N) is 1. The van der Waals surface area contributed by atoms with Crippen molar-refractivity contribution in [2.75, 3.05) is 19.6 Å². The fraction of sp³-hybridized carbons (Fsp3) is 0.533. The first kappa shape index (κ1) is 16.6. The van der Waals surface area contributed by atoms with Crippen molar-refractivity contribution in [3.05, 3.63) is 35.4 Å². The van der Waals surface area contributed by atoms with Crippen LogP contribution in [0.15, 0.2) is 29.3 Å². The van der Waals surface area contributed by atoms with Crippen LogP contribution in [0, 0.1) is 0 Å². The zero-order chi connectivity index (χ0) is 16.2. The van der Waals surface area contributed by atoms with Gasteiger partial charge in [0.05, 0.1) is 5.56 Å². The Morgan fingerprint density at radius 1 is 1.36 bits per heavy atom. The number of rotatable bonds is 4. The summed E-state index contributed by atoms with van der Waals surface area (Å²) in [5.41, 5.74) is 6.00. The second kappa shape index (κ2) is 7.00. The maximum absolute atomic E-state index is 12.5. The molecule has 1 fully saturated rings. The summed E-state index contributed by atoms with van der Waals surface area (Å²) in [5.74, 6) is 0.448. The summed E-state index contributed by atoms with van der Waals surface area (Å²) in [6.45, 7) is 4.89. The number of nitrogens with zero attached hydrogens (tertiary/aromatic N) is 2. The van der Waals surface area contributed by atoms with Crippen molar-refractivity contribution >= 4 is 5.96 Å². The van der Waals surface area contributed by atoms with Gasteiger partial charge in [-0.15, -0.1) is 0 Å². The van der Waals surface area contributed by atoms with Crippen molar-refractivity contribution in [1.29, 1.82) is 0 Å². The van der Waals surface area contributed by atoms with E-state index in [1.807, 2.05) is 6.92 Å². The lowest BCUT2D eigenvalue weighted by Crippen LogP contribution is -2.41. The molecule has 1 aliphatic rings. The van der Waals surface area contributed by atoms with E-state index in [1.165, 1.54) is 12.1 Å². The van der Waals surface area contributed by atoms with Crippen LogP contribution in [-0.4, -0.2) is 36.5 Å². The number of likely N-dealkylation sites (tertiary alicyclic amines) is 1. The first-order valence-corrected chi connectivity index (χ1v) is 7.33. The van der Waals surface area contributed by atoms with E-state index in [4.69, 9.17) is 5.73 Å². The van der Waals surface area contributed by atoms with Crippen molar-refractivity contribution in [2.24, 2.45) is 10.7 Å². The minimum absolute atomic E-state index is 0.241. The SMILES string of the molecule is CCN=C(N)NC1CCN(Cc2ccc(C(F)(F)F)cc2)C1. The van der Waals surface area contributed by atoms with Gasteiger partial charge in [-0.2, -0.15) is 13.2 Å². The fourth-order valence-electron chi connectivity index (χ4n) is 2.58. The van der Waals surface area contributed by atoms with Crippen LogP contribution in [0.3, 0.4) is 0 Å². The third-order valence-corrected chi connectivity index (χ3v) is 3.64. The number of aliphatic imine (C=N–C) groups is 1. The average molecular weight is 314 g/mol. The summed E-state index contributed by atoms with van der Waals surface area (Å²) in [6, 6.07) is 5.58. The number of halogens is 3. The van der Waals surface area contributed by atoms with E-state index < -0.39 is 11.7 Å². The quantitative estimate of drug-likeness (QED) is 0.662. The summed E-state index contributed by atoms with van der Waals surface area (Å²) in [4.78, 5) is 6.28. The molecule has 0 spiro atoms. The average Bonchev–Trinajstić information content (AvgIpc) is 2.85. The predicted octanol–water partition coefficient (Wildman–Crippen LogP) is 2.20. The van der Waals surface area contributed by atoms with Crippen molar-refractivity contribution < 1.29 is 13.2 Å². The van der Waals surface area contributed by atoms with E-state index in [2.05, 4.69) is 15.2 Å². The van der Waals surface area contributed by atoms with E-state index in [1.54, 1.807) is 0 Å². The number of alkyl halides is 3. The maximum Gasteiger partial charge on any atom is 0.416 e. The molecular formula is C15H21F3N4. The van der Waals surface area contributed by atoms with Crippen LogP contribution < -0.4 is 11.1 Å². The van der Waals surface area contributed by atoms with E-state index in [-0.39, 0.29) is 6.04 Å². The Kier molecular flexibility index (Phi) is 5.28. The van der Waals surface area contributed by atoms with Gasteiger partial charge < -0.3 is 11.1 Å². The van der Waals surface area contributed by atoms with Crippen LogP contribution >= 0.6 is 0 Å². The van der Waals surface area contributed by atoms with Crippen LogP contribution in [0.5, 0.6) is 0 Å². The Hall–Kier alpha value is -1.76. The standard InChI is InChI=1S/C15H21F3N4/c1-2-20-14(19)21-13-7-8-22(10-13)9-11-3-5-12(6-4-11)15(16,17)18/h3-6,13H,2,7-10H2,1H3,(H3,19,20,21). The van der Waals surface area contributed by atoms with Gasteiger partial charge in [0.15, 0.2) is 5.96 Å². The van der Waals surface area contributed by atoms with E-state index >= 15 is 0 Å². The Balaban J connectivity index is 1.86. The number of nitrogens with one attached hydrogen (secondary N) is 1. The highest BCUT2D eigenvalue weighted by Gasteiger charge is 2.30. The zero-order valence-corrected chi connectivity index (χ0v) is 12.5. The largest absolute Gasteiger partial charge is 0.416 e. The summed E-state index contributed by atoms with van der Waals surface area (Å²) in [6.07, 6.45) is -3.34. The minimum atomic E-state index is -4.28. The zero-order valence-electron chi connectivity index (χ0n) is 12.5. The molecule has 3 N–H and O–H groups in total. The second-order valence-corrected chi connectivity index (χ2v) is 5.42. The molecule has 1 atom stereocenters. The summed E-state index contributed by atoms with van der Waals surface area (Å²) in [7, 11) is 0. The maximum atomic E-state index is 12.5. The molecule has 0 saturated carbocycles. The van der Waals surface area contributed by atoms with Crippen LogP contribution in [0.4, 0.5) is 13.2 Å². The molecule has 1 heterocycles. The molecule has 0 radical (unpaired) electrons. The van der Waals surface area contributed by atoms with Gasteiger partial charge in [0, 0.05) is 32.2 Å². The van der Waals surface area contributed by atoms with E-state index in [0.29, 0.717) is 19.0 Å². The van der Waals surface area contributed by atoms with Gasteiger partial charge in [0.2, 0.25) is 0 Å². The van der Waals surface area contributed by atoms with Gasteiger partial charge in [-0.3, -0.25) is 9.89 Å². The third kappa shape index (κ3) is 4.62. The van der Waals surface area contributed by atoms with E-state index in [0.717, 1.165) is 37.2 Å². The molecule has 0 amide bonds. The molecule has 1 aromatic carbocycles. The molecule has 7 heteroatoms. The molecule has 1 unspecified atom stereocenters. The van der Waals surface area contributed by atoms with Crippen molar-refractivity contribution in [2.45, 2.75) is 32.1 Å². The van der Waals surface area contributed by atoms with Gasteiger partial charge in [-0.1, -0.05) is 12.1 Å². The van der Waals surface area contributed by atoms with Gasteiger partial charge in [0.1, 0.15) is 0 Å². The molecule has 0 aromatic heterocycles. The molecule has 1 aliphatic heterocycles. The van der Waals surface area contributed by atoms with Crippen LogP contribution in [0.25, 0.3) is 0 Å². The molecule has 1 saturated heterocycles. The predicted molar refractivity (Wildman–Crippen MR) is 80.4 cm³/mol. The Bertz CT molecular complexity index is 511. The molecule has 0 bridgehead atoms. The second-order valence-electron chi connectivity index (χ2n) is 5.42. The van der Waals surface area contributed by atoms with Gasteiger partial charge in [-0.25, -0.2) is 0 Å². The Morgan fingerprint density at radius 2 is 2.05 bits per heavy atom. The lowest BCUT2D eigenvalue weighted by Gasteiger charge is -2.17. The van der Waals surface area contributed by atoms with Crippen molar-refractivity contribution in [3.8, 4) is 0 Å². The van der Waals surface area contributed by atoms with E-state index in [9.17, 15) is 13.2 Å². The molecule has 0 aliphatic carbocycles. The lowest BCUT2D eigenvalue weighted by atomic mass is 10.1. The van der Waals surface area contributed by atoms with Crippen LogP contribution in [-0.2, 0) is 12.7 Å². The topological polar surface area (TPSA) is 53.6 Å². The molecule has 4 nitrogen and oxygen atoms in total. The molecular weight excluding hydrogens is 293 g/mol. The molecule has 122 valence electrons. The van der Waals surface area contributed by atoms with Crippen LogP contribution in [0.2, 0.25) is 0 Å². The number of hydrogen-bond donors (Lipinski definition) is 2. The Labute approximate surface area is 128 Å². The number of benzene rings is 1. The third-order valence-electron chi connectivity index (χ3n) is 3.64. The highest BCUT2D eigenvalue weighted by molar-refractivity contribution is 5.78. The van der Waals surface area contributed by atoms with Gasteiger partial charge >= 0.3 is 6.18 Å². The molecule has 1 aromatic rings. The number of guanidine groups is 1. The van der Waals surface area contributed by atoms with Crippen molar-refractivity contribution in [3.63, 3.8) is 0 Å². The lowest BCUT2D eigenvalue weighted by molar-refractivity contribution is -0.137. The first-order chi connectivity index (χ1) is 10.4. The normalized spacial score (nSPS) is 20.4. The monoisotopic (exact) mass is 314 g/mol. The fourth-order valence-corrected chi connectivity index (χ4v) is 2.58. The highest BCUT2D eigenvalue weighted by Crippen LogP contribution is 2.29. The first-order valence-electron chi connectivity index (χ1n) is 7.33. The summed E-state index contributed by atoms with van der Waals surface area (Å²) in [5, 5.41) is 3.16. The van der Waals surface area contributed by atoms with Gasteiger partial charge in [0.25, 0.3) is 0 Å². The summed E-state index contributed by atoms with van der Waals surface area (Å²) >= 11 is 0. The molecule has 22 heavy (non-hydrogen) atoms. The highest BCUT2D eigenvalue weighted by atomic mass is 19.4. The van der Waals surface area contributed by atoms with Gasteiger partial charge in [-0.05, 0) is 31.0 Å². The molecule has 2 rings (SSSR count).